The van der Waals surface area contributed by atoms with Crippen molar-refractivity contribution in [2.75, 3.05) is 33.7 Å². The molecule has 0 bridgehead atoms. The van der Waals surface area contributed by atoms with Crippen LogP contribution in [0.4, 0.5) is 0 Å². The van der Waals surface area contributed by atoms with Gasteiger partial charge in [0.1, 0.15) is 6.04 Å². The first-order valence-corrected chi connectivity index (χ1v) is 7.19. The van der Waals surface area contributed by atoms with Crippen molar-refractivity contribution in [2.24, 2.45) is 5.41 Å². The molecule has 1 saturated heterocycles. The summed E-state index contributed by atoms with van der Waals surface area (Å²) >= 11 is 0. The van der Waals surface area contributed by atoms with Gasteiger partial charge >= 0.3 is 0 Å². The summed E-state index contributed by atoms with van der Waals surface area (Å²) in [7, 11) is 3.49. The number of hydrogen-bond acceptors (Lipinski definition) is 3. The molecular formula is C14H25N3O2. The average molecular weight is 267 g/mol. The molecule has 1 N–H and O–H groups in total. The van der Waals surface area contributed by atoms with E-state index in [1.165, 1.54) is 0 Å². The van der Waals surface area contributed by atoms with E-state index >= 15 is 0 Å². The van der Waals surface area contributed by atoms with Gasteiger partial charge < -0.3 is 15.1 Å². The highest BCUT2D eigenvalue weighted by atomic mass is 16.2. The first-order chi connectivity index (χ1) is 8.96. The first-order valence-electron chi connectivity index (χ1n) is 7.19. The van der Waals surface area contributed by atoms with Crippen LogP contribution < -0.4 is 5.32 Å². The lowest BCUT2D eigenvalue weighted by atomic mass is 9.86. The molecule has 1 unspecified atom stereocenters. The second-order valence-corrected chi connectivity index (χ2v) is 6.22. The molecule has 2 fully saturated rings. The van der Waals surface area contributed by atoms with Crippen LogP contribution in [0, 0.1) is 5.41 Å². The molecule has 1 atom stereocenters. The molecule has 1 aliphatic carbocycles. The minimum absolute atomic E-state index is 0.0159. The molecule has 2 amide bonds. The van der Waals surface area contributed by atoms with Gasteiger partial charge in [0.2, 0.25) is 11.8 Å². The summed E-state index contributed by atoms with van der Waals surface area (Å²) < 4.78 is 0. The third kappa shape index (κ3) is 2.76. The SMILES string of the molecule is CN(C)C(=O)C1CNCCN1C(=O)C1(C)CCCC1. The van der Waals surface area contributed by atoms with Gasteiger partial charge in [0.25, 0.3) is 0 Å². The molecule has 2 rings (SSSR count). The molecule has 108 valence electrons. The number of nitrogens with zero attached hydrogens (tertiary/aromatic N) is 2. The van der Waals surface area contributed by atoms with Crippen LogP contribution in [0.15, 0.2) is 0 Å². The third-order valence-corrected chi connectivity index (χ3v) is 4.45. The zero-order chi connectivity index (χ0) is 14.0. The number of nitrogens with one attached hydrogen (secondary N) is 1. The fourth-order valence-electron chi connectivity index (χ4n) is 3.18. The summed E-state index contributed by atoms with van der Waals surface area (Å²) in [5.74, 6) is 0.189. The van der Waals surface area contributed by atoms with E-state index < -0.39 is 0 Å². The van der Waals surface area contributed by atoms with E-state index in [4.69, 9.17) is 0 Å². The van der Waals surface area contributed by atoms with Crippen LogP contribution in [-0.4, -0.2) is 61.4 Å². The van der Waals surface area contributed by atoms with Crippen molar-refractivity contribution in [3.8, 4) is 0 Å². The molecule has 1 saturated carbocycles. The molecule has 0 radical (unpaired) electrons. The van der Waals surface area contributed by atoms with Crippen molar-refractivity contribution in [1.29, 1.82) is 0 Å². The number of carbonyl (C=O) groups excluding carboxylic acids is 2. The van der Waals surface area contributed by atoms with Gasteiger partial charge in [-0.1, -0.05) is 19.8 Å². The summed E-state index contributed by atoms with van der Waals surface area (Å²) in [5, 5.41) is 3.22. The van der Waals surface area contributed by atoms with E-state index in [-0.39, 0.29) is 23.3 Å². The van der Waals surface area contributed by atoms with Gasteiger partial charge in [-0.3, -0.25) is 9.59 Å². The van der Waals surface area contributed by atoms with E-state index in [1.807, 2.05) is 4.90 Å². The molecular weight excluding hydrogens is 242 g/mol. The van der Waals surface area contributed by atoms with E-state index in [1.54, 1.807) is 19.0 Å². The summed E-state index contributed by atoms with van der Waals surface area (Å²) in [6.45, 7) is 4.04. The Morgan fingerprint density at radius 3 is 2.47 bits per heavy atom. The maximum Gasteiger partial charge on any atom is 0.246 e. The Morgan fingerprint density at radius 1 is 1.26 bits per heavy atom. The zero-order valence-corrected chi connectivity index (χ0v) is 12.2. The highest BCUT2D eigenvalue weighted by Crippen LogP contribution is 2.39. The molecule has 19 heavy (non-hydrogen) atoms. The summed E-state index contributed by atoms with van der Waals surface area (Å²) in [5.41, 5.74) is -0.248. The fraction of sp³-hybridized carbons (Fsp3) is 0.857. The molecule has 5 heteroatoms. The van der Waals surface area contributed by atoms with E-state index in [2.05, 4.69) is 12.2 Å². The van der Waals surface area contributed by atoms with Crippen LogP contribution in [0.5, 0.6) is 0 Å². The first kappa shape index (κ1) is 14.3. The Bertz CT molecular complexity index is 362. The average Bonchev–Trinajstić information content (AvgIpc) is 2.85. The highest BCUT2D eigenvalue weighted by molar-refractivity contribution is 5.90. The molecule has 0 aromatic heterocycles. The van der Waals surface area contributed by atoms with E-state index in [0.29, 0.717) is 13.1 Å². The van der Waals surface area contributed by atoms with Crippen LogP contribution in [-0.2, 0) is 9.59 Å². The molecule has 0 spiro atoms. The molecule has 2 aliphatic rings. The lowest BCUT2D eigenvalue weighted by Crippen LogP contribution is -2.61. The Balaban J connectivity index is 2.15. The number of likely N-dealkylation sites (N-methyl/N-ethyl adjacent to an activating group) is 1. The Labute approximate surface area is 115 Å². The largest absolute Gasteiger partial charge is 0.347 e. The number of amides is 2. The van der Waals surface area contributed by atoms with Gasteiger partial charge in [-0.15, -0.1) is 0 Å². The van der Waals surface area contributed by atoms with E-state index in [9.17, 15) is 9.59 Å². The molecule has 1 heterocycles. The molecule has 0 aromatic rings. The third-order valence-electron chi connectivity index (χ3n) is 4.45. The van der Waals surface area contributed by atoms with Crippen LogP contribution in [0.2, 0.25) is 0 Å². The predicted molar refractivity (Wildman–Crippen MR) is 73.6 cm³/mol. The Morgan fingerprint density at radius 2 is 1.89 bits per heavy atom. The standard InChI is InChI=1S/C14H25N3O2/c1-14(6-4-5-7-14)13(19)17-9-8-15-10-11(17)12(18)16(2)3/h11,15H,4-10H2,1-3H3. The van der Waals surface area contributed by atoms with Crippen LogP contribution in [0.1, 0.15) is 32.6 Å². The lowest BCUT2D eigenvalue weighted by Gasteiger charge is -2.40. The summed E-state index contributed by atoms with van der Waals surface area (Å²) in [4.78, 5) is 28.4. The Kier molecular flexibility index (Phi) is 4.13. The van der Waals surface area contributed by atoms with Crippen molar-refractivity contribution in [3.05, 3.63) is 0 Å². The van der Waals surface area contributed by atoms with Gasteiger partial charge in [-0.25, -0.2) is 0 Å². The van der Waals surface area contributed by atoms with Crippen molar-refractivity contribution < 1.29 is 9.59 Å². The van der Waals surface area contributed by atoms with Crippen molar-refractivity contribution in [2.45, 2.75) is 38.6 Å². The van der Waals surface area contributed by atoms with Gasteiger partial charge in [0.15, 0.2) is 0 Å². The molecule has 0 aromatic carbocycles. The van der Waals surface area contributed by atoms with Crippen LogP contribution >= 0.6 is 0 Å². The number of piperazine rings is 1. The Hall–Kier alpha value is -1.10. The van der Waals surface area contributed by atoms with Crippen molar-refractivity contribution in [3.63, 3.8) is 0 Å². The van der Waals surface area contributed by atoms with Crippen LogP contribution in [0.3, 0.4) is 0 Å². The highest BCUT2D eigenvalue weighted by Gasteiger charge is 2.43. The quantitative estimate of drug-likeness (QED) is 0.790. The minimum atomic E-state index is -0.339. The van der Waals surface area contributed by atoms with Gasteiger partial charge in [-0.2, -0.15) is 0 Å². The second kappa shape index (κ2) is 5.49. The topological polar surface area (TPSA) is 52.7 Å². The van der Waals surface area contributed by atoms with Crippen LogP contribution in [0.25, 0.3) is 0 Å². The number of hydrogen-bond donors (Lipinski definition) is 1. The smallest absolute Gasteiger partial charge is 0.246 e. The predicted octanol–water partition coefficient (Wildman–Crippen LogP) is 0.455. The van der Waals surface area contributed by atoms with Gasteiger partial charge in [-0.05, 0) is 12.8 Å². The maximum absolute atomic E-state index is 12.8. The molecule has 5 nitrogen and oxygen atoms in total. The van der Waals surface area contributed by atoms with E-state index in [0.717, 1.165) is 32.2 Å². The maximum atomic E-state index is 12.8. The fourth-order valence-corrected chi connectivity index (χ4v) is 3.18. The number of carbonyl (C=O) groups is 2. The van der Waals surface area contributed by atoms with Crippen molar-refractivity contribution in [1.82, 2.24) is 15.1 Å². The zero-order valence-electron chi connectivity index (χ0n) is 12.2. The van der Waals surface area contributed by atoms with Crippen molar-refractivity contribution >= 4 is 11.8 Å². The molecule has 1 aliphatic heterocycles. The lowest BCUT2D eigenvalue weighted by molar-refractivity contribution is -0.151. The monoisotopic (exact) mass is 267 g/mol. The van der Waals surface area contributed by atoms with Gasteiger partial charge in [0, 0.05) is 39.1 Å². The second-order valence-electron chi connectivity index (χ2n) is 6.22. The minimum Gasteiger partial charge on any atom is -0.347 e. The summed E-state index contributed by atoms with van der Waals surface area (Å²) in [6.07, 6.45) is 4.17. The number of rotatable bonds is 2. The normalized spacial score (nSPS) is 26.3. The van der Waals surface area contributed by atoms with Gasteiger partial charge in [0.05, 0.1) is 0 Å². The summed E-state index contributed by atoms with van der Waals surface area (Å²) in [6, 6.07) is -0.339.